The van der Waals surface area contributed by atoms with Gasteiger partial charge < -0.3 is 10.3 Å². The summed E-state index contributed by atoms with van der Waals surface area (Å²) in [6.07, 6.45) is 1.08. The van der Waals surface area contributed by atoms with Crippen LogP contribution in [-0.2, 0) is 0 Å². The minimum atomic E-state index is -0.863. The van der Waals surface area contributed by atoms with Crippen molar-refractivity contribution in [1.29, 1.82) is 0 Å². The Morgan fingerprint density at radius 3 is 2.59 bits per heavy atom. The Hall–Kier alpha value is -3.55. The second kappa shape index (κ2) is 6.01. The second-order valence-corrected chi connectivity index (χ2v) is 6.18. The van der Waals surface area contributed by atoms with Gasteiger partial charge in [0.2, 0.25) is 5.43 Å². The standard InChI is InChI=1S/C19H14F2N4O2/c1-9-19(10(2)27-24-9)11-3-4-12-16(5-11)25(23-8-18(12)26)17-7-15(22)13(20)6-14(17)21/h3-8H,22H2,1-2H3. The van der Waals surface area contributed by atoms with Crippen molar-refractivity contribution in [1.82, 2.24) is 14.9 Å². The van der Waals surface area contributed by atoms with E-state index in [1.165, 1.54) is 4.68 Å². The van der Waals surface area contributed by atoms with E-state index in [1.807, 2.05) is 0 Å². The maximum Gasteiger partial charge on any atom is 0.207 e. The first-order valence-corrected chi connectivity index (χ1v) is 8.07. The van der Waals surface area contributed by atoms with Crippen LogP contribution < -0.4 is 11.2 Å². The Bertz CT molecular complexity index is 1240. The Kier molecular flexibility index (Phi) is 3.76. The maximum atomic E-state index is 14.4. The van der Waals surface area contributed by atoms with Crippen LogP contribution in [0, 0.1) is 25.5 Å². The number of nitrogen functional groups attached to an aromatic ring is 1. The minimum Gasteiger partial charge on any atom is -0.396 e. The number of rotatable bonds is 2. The summed E-state index contributed by atoms with van der Waals surface area (Å²) in [5.74, 6) is -1.10. The molecule has 0 atom stereocenters. The molecule has 0 unspecified atom stereocenters. The zero-order valence-corrected chi connectivity index (χ0v) is 14.5. The van der Waals surface area contributed by atoms with Crippen LogP contribution in [0.3, 0.4) is 0 Å². The summed E-state index contributed by atoms with van der Waals surface area (Å²) in [6.45, 7) is 3.57. The molecule has 0 saturated carbocycles. The first kappa shape index (κ1) is 16.9. The van der Waals surface area contributed by atoms with Gasteiger partial charge in [-0.25, -0.2) is 13.5 Å². The maximum absolute atomic E-state index is 14.4. The molecule has 136 valence electrons. The molecule has 0 amide bonds. The Morgan fingerprint density at radius 2 is 1.89 bits per heavy atom. The molecule has 0 radical (unpaired) electrons. The molecule has 0 spiro atoms. The Labute approximate surface area is 151 Å². The average Bonchev–Trinajstić information content (AvgIpc) is 2.97. The number of nitrogens with zero attached hydrogens (tertiary/aromatic N) is 3. The van der Waals surface area contributed by atoms with Gasteiger partial charge in [0.05, 0.1) is 23.1 Å². The van der Waals surface area contributed by atoms with Crippen LogP contribution in [0.2, 0.25) is 0 Å². The smallest absolute Gasteiger partial charge is 0.207 e. The highest BCUT2D eigenvalue weighted by Crippen LogP contribution is 2.30. The number of aromatic nitrogens is 3. The molecule has 0 fully saturated rings. The summed E-state index contributed by atoms with van der Waals surface area (Å²) in [6, 6.07) is 6.91. The van der Waals surface area contributed by atoms with Crippen molar-refractivity contribution in [2.45, 2.75) is 13.8 Å². The molecule has 2 N–H and O–H groups in total. The zero-order chi connectivity index (χ0) is 19.3. The molecule has 6 nitrogen and oxygen atoms in total. The van der Waals surface area contributed by atoms with E-state index in [4.69, 9.17) is 10.3 Å². The summed E-state index contributed by atoms with van der Waals surface area (Å²) in [5.41, 5.74) is 7.53. The van der Waals surface area contributed by atoms with E-state index in [1.54, 1.807) is 32.0 Å². The molecule has 2 aromatic carbocycles. The van der Waals surface area contributed by atoms with Crippen LogP contribution in [0.15, 0.2) is 45.8 Å². The van der Waals surface area contributed by atoms with Crippen molar-refractivity contribution in [3.8, 4) is 16.8 Å². The van der Waals surface area contributed by atoms with E-state index in [2.05, 4.69) is 10.3 Å². The quantitative estimate of drug-likeness (QED) is 0.547. The van der Waals surface area contributed by atoms with Crippen LogP contribution in [0.25, 0.3) is 27.7 Å². The third kappa shape index (κ3) is 2.66. The lowest BCUT2D eigenvalue weighted by Gasteiger charge is -2.12. The van der Waals surface area contributed by atoms with Crippen molar-refractivity contribution in [3.63, 3.8) is 0 Å². The third-order valence-corrected chi connectivity index (χ3v) is 4.40. The first-order valence-electron chi connectivity index (χ1n) is 8.07. The number of aryl methyl sites for hydroxylation is 2. The number of benzene rings is 2. The fraction of sp³-hybridized carbons (Fsp3) is 0.105. The van der Waals surface area contributed by atoms with E-state index in [0.29, 0.717) is 28.4 Å². The van der Waals surface area contributed by atoms with E-state index >= 15 is 0 Å². The number of fused-ring (bicyclic) bond motifs is 1. The Balaban J connectivity index is 2.05. The van der Waals surface area contributed by atoms with Gasteiger partial charge in [-0.15, -0.1) is 0 Å². The molecule has 0 bridgehead atoms. The second-order valence-electron chi connectivity index (χ2n) is 6.18. The van der Waals surface area contributed by atoms with E-state index in [0.717, 1.165) is 23.4 Å². The monoisotopic (exact) mass is 368 g/mol. The van der Waals surface area contributed by atoms with Crippen LogP contribution >= 0.6 is 0 Å². The molecule has 4 rings (SSSR count). The summed E-state index contributed by atoms with van der Waals surface area (Å²) in [5, 5.41) is 8.29. The highest BCUT2D eigenvalue weighted by Gasteiger charge is 2.16. The first-order chi connectivity index (χ1) is 12.9. The average molecular weight is 368 g/mol. The molecular formula is C19H14F2N4O2. The molecule has 0 aliphatic carbocycles. The molecule has 0 aliphatic heterocycles. The van der Waals surface area contributed by atoms with Crippen LogP contribution in [0.1, 0.15) is 11.5 Å². The number of nitrogens with two attached hydrogens (primary N) is 1. The van der Waals surface area contributed by atoms with Gasteiger partial charge in [-0.1, -0.05) is 11.2 Å². The van der Waals surface area contributed by atoms with Gasteiger partial charge >= 0.3 is 0 Å². The van der Waals surface area contributed by atoms with Crippen molar-refractivity contribution in [2.75, 3.05) is 5.73 Å². The van der Waals surface area contributed by atoms with E-state index in [9.17, 15) is 13.6 Å². The number of anilines is 1. The molecule has 2 aromatic heterocycles. The molecule has 4 aromatic rings. The summed E-state index contributed by atoms with van der Waals surface area (Å²) >= 11 is 0. The fourth-order valence-corrected chi connectivity index (χ4v) is 3.12. The fourth-order valence-electron chi connectivity index (χ4n) is 3.12. The minimum absolute atomic E-state index is 0.0604. The molecule has 8 heteroatoms. The van der Waals surface area contributed by atoms with Gasteiger partial charge in [-0.3, -0.25) is 4.79 Å². The van der Waals surface area contributed by atoms with Gasteiger partial charge in [0, 0.05) is 17.0 Å². The summed E-state index contributed by atoms with van der Waals surface area (Å²) in [4.78, 5) is 12.2. The largest absolute Gasteiger partial charge is 0.396 e. The summed E-state index contributed by atoms with van der Waals surface area (Å²) in [7, 11) is 0. The predicted octanol–water partition coefficient (Wildman–Crippen LogP) is 3.52. The van der Waals surface area contributed by atoms with E-state index < -0.39 is 11.6 Å². The topological polar surface area (TPSA) is 86.9 Å². The SMILES string of the molecule is Cc1noc(C)c1-c1ccc2c(=O)cnn(-c3cc(N)c(F)cc3F)c2c1. The van der Waals surface area contributed by atoms with Gasteiger partial charge in [-0.2, -0.15) is 5.10 Å². The normalized spacial score (nSPS) is 11.3. The van der Waals surface area contributed by atoms with Crippen molar-refractivity contribution in [3.05, 3.63) is 69.8 Å². The van der Waals surface area contributed by atoms with Crippen LogP contribution in [0.5, 0.6) is 0 Å². The van der Waals surface area contributed by atoms with E-state index in [-0.39, 0.29) is 16.8 Å². The van der Waals surface area contributed by atoms with Crippen LogP contribution in [-0.4, -0.2) is 14.9 Å². The van der Waals surface area contributed by atoms with Gasteiger partial charge in [0.15, 0.2) is 5.82 Å². The Morgan fingerprint density at radius 1 is 1.11 bits per heavy atom. The zero-order valence-electron chi connectivity index (χ0n) is 14.5. The molecule has 0 saturated heterocycles. The lowest BCUT2D eigenvalue weighted by Crippen LogP contribution is -2.12. The molecule has 2 heterocycles. The van der Waals surface area contributed by atoms with Crippen molar-refractivity contribution in [2.24, 2.45) is 0 Å². The molecular weight excluding hydrogens is 354 g/mol. The van der Waals surface area contributed by atoms with Crippen molar-refractivity contribution < 1.29 is 13.3 Å². The predicted molar refractivity (Wildman–Crippen MR) is 96.6 cm³/mol. The number of hydrogen-bond donors (Lipinski definition) is 1. The molecule has 27 heavy (non-hydrogen) atoms. The third-order valence-electron chi connectivity index (χ3n) is 4.40. The van der Waals surface area contributed by atoms with Crippen LogP contribution in [0.4, 0.5) is 14.5 Å². The number of hydrogen-bond acceptors (Lipinski definition) is 5. The van der Waals surface area contributed by atoms with Crippen molar-refractivity contribution >= 4 is 16.6 Å². The summed E-state index contributed by atoms with van der Waals surface area (Å²) < 4.78 is 34.3. The highest BCUT2D eigenvalue weighted by atomic mass is 19.1. The van der Waals surface area contributed by atoms with Gasteiger partial charge in [0.25, 0.3) is 0 Å². The number of halogens is 2. The van der Waals surface area contributed by atoms with Gasteiger partial charge in [-0.05, 0) is 37.6 Å². The lowest BCUT2D eigenvalue weighted by atomic mass is 10.0. The lowest BCUT2D eigenvalue weighted by molar-refractivity contribution is 0.393. The molecule has 0 aliphatic rings. The van der Waals surface area contributed by atoms with Gasteiger partial charge in [0.1, 0.15) is 17.3 Å². The highest BCUT2D eigenvalue weighted by molar-refractivity contribution is 5.86.